The molecule has 41 heavy (non-hydrogen) atoms. The molecule has 1 aromatic rings. The number of rotatable bonds is 23. The smallest absolute Gasteiger partial charge is 0.744 e. The van der Waals surface area contributed by atoms with E-state index in [0.717, 1.165) is 43.9 Å². The van der Waals surface area contributed by atoms with Crippen molar-refractivity contribution in [3.63, 3.8) is 0 Å². The Hall–Kier alpha value is -1.45. The molecule has 0 radical (unpaired) electrons. The second kappa shape index (κ2) is 25.1. The number of benzene rings is 1. The van der Waals surface area contributed by atoms with Gasteiger partial charge in [0.2, 0.25) is 0 Å². The molecule has 226 valence electrons. The molecule has 0 amide bonds. The zero-order valence-corrected chi connectivity index (χ0v) is 28.4. The van der Waals surface area contributed by atoms with Crippen molar-refractivity contribution in [1.82, 2.24) is 0 Å². The van der Waals surface area contributed by atoms with Crippen molar-refractivity contribution in [2.24, 2.45) is 0 Å². The molecular formula is C32H49NaO7S. The minimum atomic E-state index is -4.81. The molecule has 0 aliphatic carbocycles. The second-order valence-electron chi connectivity index (χ2n) is 10.1. The average molecular weight is 601 g/mol. The van der Waals surface area contributed by atoms with Crippen LogP contribution in [0.15, 0.2) is 47.4 Å². The van der Waals surface area contributed by atoms with E-state index in [0.29, 0.717) is 12.8 Å². The molecule has 0 saturated carbocycles. The van der Waals surface area contributed by atoms with Crippen LogP contribution in [-0.4, -0.2) is 38.1 Å². The number of allylic oxidation sites excluding steroid dienone is 4. The predicted octanol–water partition coefficient (Wildman–Crippen LogP) is 5.30. The van der Waals surface area contributed by atoms with Gasteiger partial charge >= 0.3 is 41.5 Å². The van der Waals surface area contributed by atoms with Gasteiger partial charge in [-0.2, -0.15) is 0 Å². The fourth-order valence-corrected chi connectivity index (χ4v) is 4.61. The van der Waals surface area contributed by atoms with E-state index < -0.39 is 27.0 Å². The van der Waals surface area contributed by atoms with Crippen molar-refractivity contribution in [2.75, 3.05) is 13.2 Å². The minimum absolute atomic E-state index is 0. The molecule has 0 aliphatic heterocycles. The van der Waals surface area contributed by atoms with Crippen molar-refractivity contribution < 1.29 is 61.6 Å². The number of carbonyl (C=O) groups excluding carboxylic acids is 2. The largest absolute Gasteiger partial charge is 1.00 e. The first-order valence-corrected chi connectivity index (χ1v) is 16.5. The van der Waals surface area contributed by atoms with E-state index in [4.69, 9.17) is 9.47 Å². The molecule has 0 aromatic heterocycles. The number of hydrogen-bond acceptors (Lipinski definition) is 7. The van der Waals surface area contributed by atoms with E-state index in [-0.39, 0.29) is 53.9 Å². The zero-order chi connectivity index (χ0) is 29.5. The molecule has 0 unspecified atom stereocenters. The minimum Gasteiger partial charge on any atom is -0.744 e. The molecule has 0 spiro atoms. The Bertz CT molecular complexity index is 1020. The van der Waals surface area contributed by atoms with Crippen LogP contribution in [0.3, 0.4) is 0 Å². The van der Waals surface area contributed by atoms with Crippen LogP contribution in [0.25, 0.3) is 0 Å². The van der Waals surface area contributed by atoms with Gasteiger partial charge in [-0.25, -0.2) is 18.0 Å². The fraction of sp³-hybridized carbons (Fsp3) is 0.625. The van der Waals surface area contributed by atoms with Gasteiger partial charge in [0.05, 0.1) is 29.2 Å². The molecule has 9 heteroatoms. The predicted molar refractivity (Wildman–Crippen MR) is 158 cm³/mol. The van der Waals surface area contributed by atoms with Crippen LogP contribution in [0.5, 0.6) is 0 Å². The number of esters is 2. The summed E-state index contributed by atoms with van der Waals surface area (Å²) in [6.45, 7) is 4.65. The number of unbranched alkanes of at least 4 members (excludes halogenated alkanes) is 12. The van der Waals surface area contributed by atoms with Crippen molar-refractivity contribution in [3.8, 4) is 0 Å². The van der Waals surface area contributed by atoms with Gasteiger partial charge in [0, 0.05) is 0 Å². The molecule has 0 saturated heterocycles. The van der Waals surface area contributed by atoms with E-state index in [1.807, 2.05) is 0 Å². The van der Waals surface area contributed by atoms with Crippen molar-refractivity contribution in [1.29, 1.82) is 0 Å². The van der Waals surface area contributed by atoms with Crippen LogP contribution in [0.1, 0.15) is 137 Å². The third-order valence-corrected chi connectivity index (χ3v) is 7.33. The van der Waals surface area contributed by atoms with E-state index >= 15 is 0 Å². The Morgan fingerprint density at radius 1 is 0.659 bits per heavy atom. The van der Waals surface area contributed by atoms with Gasteiger partial charge in [-0.3, -0.25) is 0 Å². The summed E-state index contributed by atoms with van der Waals surface area (Å²) in [6.07, 6.45) is 25.6. The summed E-state index contributed by atoms with van der Waals surface area (Å²) in [5, 5.41) is 0. The van der Waals surface area contributed by atoms with Crippen molar-refractivity contribution in [3.05, 3.63) is 53.6 Å². The first-order valence-electron chi connectivity index (χ1n) is 15.0. The van der Waals surface area contributed by atoms with E-state index in [2.05, 4.69) is 38.2 Å². The van der Waals surface area contributed by atoms with Gasteiger partial charge in [-0.15, -0.1) is 0 Å². The van der Waals surface area contributed by atoms with E-state index in [1.54, 1.807) is 0 Å². The first-order chi connectivity index (χ1) is 19.3. The molecule has 1 rings (SSSR count). The van der Waals surface area contributed by atoms with Gasteiger partial charge in [0.15, 0.2) is 0 Å². The fourth-order valence-electron chi connectivity index (χ4n) is 4.12. The molecular weight excluding hydrogens is 551 g/mol. The Morgan fingerprint density at radius 2 is 1.07 bits per heavy atom. The number of carbonyl (C=O) groups is 2. The van der Waals surface area contributed by atoms with Crippen LogP contribution in [-0.2, 0) is 19.6 Å². The third-order valence-electron chi connectivity index (χ3n) is 6.50. The van der Waals surface area contributed by atoms with E-state index in [1.165, 1.54) is 64.2 Å². The summed E-state index contributed by atoms with van der Waals surface area (Å²) in [5.74, 6) is -1.62. The maximum atomic E-state index is 12.7. The standard InChI is InChI=1S/C32H50O7S.Na/c1-3-5-7-9-11-13-15-17-19-21-25-38-31(33)29-24-23-28(40(35,36)37)27-30(29)32(34)39-26-22-20-18-16-14-12-10-8-6-4-2;/h15-18,23-24,27H,3-14,19-22,25-26H2,1-2H3,(H,35,36,37);/q;+1/p-1/b17-15+,18-16+;. The summed E-state index contributed by atoms with van der Waals surface area (Å²) in [7, 11) is -4.81. The summed E-state index contributed by atoms with van der Waals surface area (Å²) < 4.78 is 45.1. The normalized spacial score (nSPS) is 11.6. The third kappa shape index (κ3) is 19.4. The maximum Gasteiger partial charge on any atom is 1.00 e. The van der Waals surface area contributed by atoms with Crippen LogP contribution >= 0.6 is 0 Å². The second-order valence-corrected chi connectivity index (χ2v) is 11.4. The summed E-state index contributed by atoms with van der Waals surface area (Å²) in [5.41, 5.74) is -0.407. The molecule has 0 bridgehead atoms. The monoisotopic (exact) mass is 600 g/mol. The molecule has 0 aliphatic rings. The van der Waals surface area contributed by atoms with Gasteiger partial charge in [0.25, 0.3) is 0 Å². The van der Waals surface area contributed by atoms with Gasteiger partial charge in [-0.1, -0.05) is 89.5 Å². The molecule has 0 fully saturated rings. The Kier molecular flexibility index (Phi) is 24.2. The number of hydrogen-bond donors (Lipinski definition) is 0. The van der Waals surface area contributed by atoms with Gasteiger partial charge in [-0.05, 0) is 69.6 Å². The average Bonchev–Trinajstić information content (AvgIpc) is 2.93. The molecule has 0 N–H and O–H groups in total. The molecule has 7 nitrogen and oxygen atoms in total. The Balaban J connectivity index is 0.0000160. The molecule has 0 atom stereocenters. The SMILES string of the molecule is CCCCCCC/C=C/CCCOC(=O)c1ccc(S(=O)(=O)[O-])cc1C(=O)OCCC/C=C/CCCCCCC.[Na+]. The first kappa shape index (κ1) is 39.5. The maximum absolute atomic E-state index is 12.7. The van der Waals surface area contributed by atoms with Crippen molar-refractivity contribution >= 4 is 22.1 Å². The van der Waals surface area contributed by atoms with E-state index in [9.17, 15) is 22.6 Å². The summed E-state index contributed by atoms with van der Waals surface area (Å²) in [6, 6.07) is 3.03. The zero-order valence-electron chi connectivity index (χ0n) is 25.5. The molecule has 0 heterocycles. The summed E-state index contributed by atoms with van der Waals surface area (Å²) in [4.78, 5) is 24.8. The van der Waals surface area contributed by atoms with Crippen LogP contribution in [0.2, 0.25) is 0 Å². The topological polar surface area (TPSA) is 110 Å². The Labute approximate surface area is 270 Å². The van der Waals surface area contributed by atoms with Crippen LogP contribution < -0.4 is 29.6 Å². The summed E-state index contributed by atoms with van der Waals surface area (Å²) >= 11 is 0. The van der Waals surface area contributed by atoms with Gasteiger partial charge in [0.1, 0.15) is 10.1 Å². The molecule has 1 aromatic carbocycles. The van der Waals surface area contributed by atoms with Crippen molar-refractivity contribution in [2.45, 2.75) is 121 Å². The van der Waals surface area contributed by atoms with Gasteiger partial charge < -0.3 is 14.0 Å². The number of ether oxygens (including phenoxy) is 2. The Morgan fingerprint density at radius 3 is 1.51 bits per heavy atom. The quantitative estimate of drug-likeness (QED) is 0.0551. The van der Waals surface area contributed by atoms with Crippen LogP contribution in [0.4, 0.5) is 0 Å². The van der Waals surface area contributed by atoms with Crippen LogP contribution in [0, 0.1) is 0 Å².